The topological polar surface area (TPSA) is 68.3 Å². The van der Waals surface area contributed by atoms with Gasteiger partial charge < -0.3 is 15.2 Å². The highest BCUT2D eigenvalue weighted by Crippen LogP contribution is 2.35. The third-order valence-corrected chi connectivity index (χ3v) is 8.88. The molecule has 0 spiro atoms. The SMILES string of the molecule is CCCCC/C=C\C/C=C\CCCCCCCCC1(CCCCCCCC/C=C\C/C=C\CCCCC)OCC(CC(=N)N)O1. The van der Waals surface area contributed by atoms with Crippen molar-refractivity contribution >= 4 is 5.84 Å². The molecule has 1 atom stereocenters. The van der Waals surface area contributed by atoms with Crippen molar-refractivity contribution in [3.05, 3.63) is 48.6 Å². The summed E-state index contributed by atoms with van der Waals surface area (Å²) in [5.41, 5.74) is 5.67. The molecule has 0 bridgehead atoms. The zero-order chi connectivity index (χ0) is 32.5. The van der Waals surface area contributed by atoms with Crippen LogP contribution in [0.1, 0.15) is 187 Å². The summed E-state index contributed by atoms with van der Waals surface area (Å²) in [7, 11) is 0. The minimum absolute atomic E-state index is 0.0586. The molecule has 4 nitrogen and oxygen atoms in total. The number of hydrogen-bond donors (Lipinski definition) is 2. The molecule has 0 aliphatic carbocycles. The van der Waals surface area contributed by atoms with Gasteiger partial charge in [0.25, 0.3) is 0 Å². The molecular weight excluding hydrogens is 552 g/mol. The highest BCUT2D eigenvalue weighted by Gasteiger charge is 2.40. The van der Waals surface area contributed by atoms with Gasteiger partial charge in [-0.05, 0) is 77.0 Å². The second-order valence-corrected chi connectivity index (χ2v) is 13.4. The Morgan fingerprint density at radius 3 is 1.36 bits per heavy atom. The predicted octanol–water partition coefficient (Wildman–Crippen LogP) is 12.8. The number of ether oxygens (including phenoxy) is 2. The molecule has 0 amide bonds. The molecule has 0 radical (unpaired) electrons. The predicted molar refractivity (Wildman–Crippen MR) is 198 cm³/mol. The average Bonchev–Trinajstić information content (AvgIpc) is 3.42. The van der Waals surface area contributed by atoms with Gasteiger partial charge in [-0.25, -0.2) is 0 Å². The minimum atomic E-state index is -0.454. The number of hydrogen-bond acceptors (Lipinski definition) is 3. The van der Waals surface area contributed by atoms with E-state index >= 15 is 0 Å². The molecule has 45 heavy (non-hydrogen) atoms. The van der Waals surface area contributed by atoms with Crippen LogP contribution >= 0.6 is 0 Å². The summed E-state index contributed by atoms with van der Waals surface area (Å²) >= 11 is 0. The molecule has 260 valence electrons. The maximum atomic E-state index is 7.68. The number of allylic oxidation sites excluding steroid dienone is 8. The van der Waals surface area contributed by atoms with E-state index < -0.39 is 5.79 Å². The van der Waals surface area contributed by atoms with Crippen LogP contribution in [-0.2, 0) is 9.47 Å². The van der Waals surface area contributed by atoms with E-state index in [1.54, 1.807) is 0 Å². The molecule has 0 aromatic rings. The van der Waals surface area contributed by atoms with E-state index in [1.807, 2.05) is 0 Å². The number of nitrogens with one attached hydrogen (secondary N) is 1. The lowest BCUT2D eigenvalue weighted by molar-refractivity contribution is -0.178. The van der Waals surface area contributed by atoms with Crippen LogP contribution < -0.4 is 5.73 Å². The zero-order valence-electron chi connectivity index (χ0n) is 29.9. The first-order valence-corrected chi connectivity index (χ1v) is 19.4. The van der Waals surface area contributed by atoms with Crippen molar-refractivity contribution in [3.63, 3.8) is 0 Å². The van der Waals surface area contributed by atoms with E-state index in [4.69, 9.17) is 20.6 Å². The second kappa shape index (κ2) is 31.0. The summed E-state index contributed by atoms with van der Waals surface area (Å²) in [5.74, 6) is -0.258. The fraction of sp³-hybridized carbons (Fsp3) is 0.780. The molecule has 1 saturated heterocycles. The molecule has 1 heterocycles. The van der Waals surface area contributed by atoms with Gasteiger partial charge in [-0.3, -0.25) is 5.41 Å². The third kappa shape index (κ3) is 26.1. The van der Waals surface area contributed by atoms with E-state index in [9.17, 15) is 0 Å². The van der Waals surface area contributed by atoms with Gasteiger partial charge in [0.05, 0.1) is 18.5 Å². The Bertz CT molecular complexity index is 736. The number of nitrogens with two attached hydrogens (primary N) is 1. The van der Waals surface area contributed by atoms with Gasteiger partial charge in [0.1, 0.15) is 0 Å². The highest BCUT2D eigenvalue weighted by atomic mass is 16.7. The largest absolute Gasteiger partial charge is 0.388 e. The molecule has 0 saturated carbocycles. The Morgan fingerprint density at radius 1 is 0.578 bits per heavy atom. The van der Waals surface area contributed by atoms with Crippen molar-refractivity contribution in [1.82, 2.24) is 0 Å². The van der Waals surface area contributed by atoms with E-state index in [-0.39, 0.29) is 11.9 Å². The summed E-state index contributed by atoms with van der Waals surface area (Å²) in [4.78, 5) is 0. The average molecular weight is 627 g/mol. The Morgan fingerprint density at radius 2 is 0.956 bits per heavy atom. The molecule has 1 unspecified atom stereocenters. The van der Waals surface area contributed by atoms with Gasteiger partial charge in [-0.2, -0.15) is 0 Å². The Labute approximate surface area is 280 Å². The first-order valence-electron chi connectivity index (χ1n) is 19.4. The van der Waals surface area contributed by atoms with Crippen molar-refractivity contribution in [1.29, 1.82) is 5.41 Å². The van der Waals surface area contributed by atoms with Gasteiger partial charge in [0.15, 0.2) is 5.79 Å². The maximum absolute atomic E-state index is 7.68. The van der Waals surface area contributed by atoms with Crippen LogP contribution in [0.4, 0.5) is 0 Å². The molecule has 1 rings (SSSR count). The standard InChI is InChI=1S/C41H74N2O2/c1-3-5-7-9-11-13-15-17-19-21-23-25-27-29-31-33-35-41(44-38-39(45-41)37-40(42)43)36-34-32-30-28-26-24-22-20-18-16-14-12-10-8-6-4-2/h11-14,17-20,39H,3-10,15-16,21-38H2,1-2H3,(H3,42,43)/b13-11-,14-12-,19-17-,20-18-. The van der Waals surface area contributed by atoms with E-state index in [0.717, 1.165) is 38.5 Å². The second-order valence-electron chi connectivity index (χ2n) is 13.4. The lowest BCUT2D eigenvalue weighted by atomic mass is 9.98. The molecular formula is C41H74N2O2. The van der Waals surface area contributed by atoms with Crippen molar-refractivity contribution in [3.8, 4) is 0 Å². The molecule has 4 heteroatoms. The smallest absolute Gasteiger partial charge is 0.168 e. The summed E-state index contributed by atoms with van der Waals surface area (Å²) in [5, 5.41) is 7.68. The highest BCUT2D eigenvalue weighted by molar-refractivity contribution is 5.77. The number of amidine groups is 1. The van der Waals surface area contributed by atoms with E-state index in [1.165, 1.54) is 128 Å². The molecule has 1 fully saturated rings. The van der Waals surface area contributed by atoms with Gasteiger partial charge >= 0.3 is 0 Å². The lowest BCUT2D eigenvalue weighted by Crippen LogP contribution is -2.32. The van der Waals surface area contributed by atoms with Crippen molar-refractivity contribution < 1.29 is 9.47 Å². The molecule has 3 N–H and O–H groups in total. The molecule has 1 aliphatic heterocycles. The molecule has 0 aromatic heterocycles. The van der Waals surface area contributed by atoms with Crippen LogP contribution in [0.3, 0.4) is 0 Å². The number of unbranched alkanes of at least 4 members (excludes halogenated alkanes) is 18. The lowest BCUT2D eigenvalue weighted by Gasteiger charge is -2.28. The normalized spacial score (nSPS) is 16.8. The Hall–Kier alpha value is -1.65. The van der Waals surface area contributed by atoms with Crippen LogP contribution in [0, 0.1) is 5.41 Å². The first kappa shape index (κ1) is 41.4. The van der Waals surface area contributed by atoms with Crippen molar-refractivity contribution in [2.45, 2.75) is 199 Å². The first-order chi connectivity index (χ1) is 22.1. The quantitative estimate of drug-likeness (QED) is 0.0338. The van der Waals surface area contributed by atoms with Crippen molar-refractivity contribution in [2.24, 2.45) is 5.73 Å². The zero-order valence-corrected chi connectivity index (χ0v) is 29.9. The molecule has 0 aromatic carbocycles. The minimum Gasteiger partial charge on any atom is -0.388 e. The summed E-state index contributed by atoms with van der Waals surface area (Å²) in [6, 6.07) is 0. The summed E-state index contributed by atoms with van der Waals surface area (Å²) < 4.78 is 12.7. The van der Waals surface area contributed by atoms with Crippen LogP contribution in [0.15, 0.2) is 48.6 Å². The fourth-order valence-electron chi connectivity index (χ4n) is 6.11. The van der Waals surface area contributed by atoms with Crippen LogP contribution in [0.25, 0.3) is 0 Å². The molecule has 1 aliphatic rings. The summed E-state index contributed by atoms with van der Waals surface area (Å²) in [6.45, 7) is 5.09. The number of rotatable bonds is 32. The fourth-order valence-corrected chi connectivity index (χ4v) is 6.11. The van der Waals surface area contributed by atoms with Crippen LogP contribution in [0.5, 0.6) is 0 Å². The Kier molecular flexibility index (Phi) is 28.5. The van der Waals surface area contributed by atoms with Crippen LogP contribution in [0.2, 0.25) is 0 Å². The monoisotopic (exact) mass is 627 g/mol. The van der Waals surface area contributed by atoms with Gasteiger partial charge in [0.2, 0.25) is 0 Å². The van der Waals surface area contributed by atoms with Crippen molar-refractivity contribution in [2.75, 3.05) is 6.61 Å². The summed E-state index contributed by atoms with van der Waals surface area (Å²) in [6.07, 6.45) is 51.3. The van der Waals surface area contributed by atoms with E-state index in [2.05, 4.69) is 62.5 Å². The maximum Gasteiger partial charge on any atom is 0.168 e. The van der Waals surface area contributed by atoms with Gasteiger partial charge in [0, 0.05) is 19.3 Å². The van der Waals surface area contributed by atoms with Crippen LogP contribution in [-0.4, -0.2) is 24.3 Å². The van der Waals surface area contributed by atoms with Gasteiger partial charge in [-0.1, -0.05) is 140 Å². The third-order valence-electron chi connectivity index (χ3n) is 8.88. The van der Waals surface area contributed by atoms with Gasteiger partial charge in [-0.15, -0.1) is 0 Å². The van der Waals surface area contributed by atoms with E-state index in [0.29, 0.717) is 13.0 Å². The Balaban J connectivity index is 2.13.